The van der Waals surface area contributed by atoms with Crippen molar-refractivity contribution in [2.24, 2.45) is 0 Å². The van der Waals surface area contributed by atoms with Gasteiger partial charge >= 0.3 is 0 Å². The van der Waals surface area contributed by atoms with Gasteiger partial charge in [0.1, 0.15) is 0 Å². The molecule has 0 spiro atoms. The van der Waals surface area contributed by atoms with Crippen molar-refractivity contribution in [3.05, 3.63) is 28.8 Å². The van der Waals surface area contributed by atoms with E-state index in [1.54, 1.807) is 10.7 Å². The number of tetrazole rings is 1. The summed E-state index contributed by atoms with van der Waals surface area (Å²) >= 11 is 7.42. The Balaban J connectivity index is 1.57. The second kappa shape index (κ2) is 6.03. The lowest BCUT2D eigenvalue weighted by atomic mass is 10.2. The molecular formula is C13H14ClN5OS. The molecule has 1 N–H and O–H groups in total. The Morgan fingerprint density at radius 3 is 3.05 bits per heavy atom. The number of hydrogen-bond donors (Lipinski definition) is 1. The minimum absolute atomic E-state index is 0.129. The van der Waals surface area contributed by atoms with Gasteiger partial charge in [-0.15, -0.1) is 5.10 Å². The first kappa shape index (κ1) is 14.3. The molecule has 1 aromatic carbocycles. The van der Waals surface area contributed by atoms with Crippen LogP contribution in [0.1, 0.15) is 24.4 Å². The summed E-state index contributed by atoms with van der Waals surface area (Å²) in [6.07, 6.45) is 2.20. The molecule has 1 aromatic heterocycles. The molecule has 0 saturated heterocycles. The van der Waals surface area contributed by atoms with Gasteiger partial charge in [0.05, 0.1) is 22.5 Å². The molecule has 6 nitrogen and oxygen atoms in total. The molecule has 1 fully saturated rings. The summed E-state index contributed by atoms with van der Waals surface area (Å²) in [5.41, 5.74) is 1.67. The third kappa shape index (κ3) is 3.54. The molecular weight excluding hydrogens is 310 g/mol. The molecule has 1 saturated carbocycles. The van der Waals surface area contributed by atoms with Crippen LogP contribution in [-0.2, 0) is 4.79 Å². The van der Waals surface area contributed by atoms with Gasteiger partial charge in [0.2, 0.25) is 11.1 Å². The van der Waals surface area contributed by atoms with Crippen molar-refractivity contribution < 1.29 is 4.79 Å². The van der Waals surface area contributed by atoms with Gasteiger partial charge in [-0.25, -0.2) is 4.68 Å². The van der Waals surface area contributed by atoms with Crippen molar-refractivity contribution in [3.8, 4) is 0 Å². The van der Waals surface area contributed by atoms with Crippen LogP contribution in [0.15, 0.2) is 23.4 Å². The van der Waals surface area contributed by atoms with Crippen LogP contribution >= 0.6 is 23.4 Å². The highest BCUT2D eigenvalue weighted by Gasteiger charge is 2.28. The predicted molar refractivity (Wildman–Crippen MR) is 81.6 cm³/mol. The second-order valence-corrected chi connectivity index (χ2v) is 6.31. The van der Waals surface area contributed by atoms with Crippen molar-refractivity contribution in [2.45, 2.75) is 31.0 Å². The first-order valence-corrected chi connectivity index (χ1v) is 7.96. The number of anilines is 1. The molecule has 1 amide bonds. The van der Waals surface area contributed by atoms with Crippen LogP contribution in [-0.4, -0.2) is 31.9 Å². The number of carbonyl (C=O) groups is 1. The largest absolute Gasteiger partial charge is 0.324 e. The maximum absolute atomic E-state index is 12.0. The first-order chi connectivity index (χ1) is 10.1. The number of benzene rings is 1. The highest BCUT2D eigenvalue weighted by atomic mass is 35.5. The summed E-state index contributed by atoms with van der Waals surface area (Å²) in [5.74, 6) is 0.119. The van der Waals surface area contributed by atoms with Gasteiger partial charge in [-0.05, 0) is 47.9 Å². The van der Waals surface area contributed by atoms with E-state index in [9.17, 15) is 4.79 Å². The number of halogens is 1. The summed E-state index contributed by atoms with van der Waals surface area (Å²) in [6, 6.07) is 5.92. The third-order valence-electron chi connectivity index (χ3n) is 3.09. The van der Waals surface area contributed by atoms with Crippen LogP contribution in [0.4, 0.5) is 5.69 Å². The first-order valence-electron chi connectivity index (χ1n) is 6.60. The van der Waals surface area contributed by atoms with Crippen LogP contribution in [0.5, 0.6) is 0 Å². The van der Waals surface area contributed by atoms with Crippen LogP contribution in [0.2, 0.25) is 5.02 Å². The van der Waals surface area contributed by atoms with E-state index in [-0.39, 0.29) is 11.7 Å². The molecule has 0 atom stereocenters. The predicted octanol–water partition coefficient (Wildman–Crippen LogP) is 2.70. The zero-order valence-electron chi connectivity index (χ0n) is 11.4. The number of thioether (sulfide) groups is 1. The van der Waals surface area contributed by atoms with E-state index < -0.39 is 0 Å². The number of carbonyl (C=O) groups excluding carboxylic acids is 1. The fourth-order valence-corrected chi connectivity index (χ4v) is 2.89. The number of aryl methyl sites for hydroxylation is 1. The van der Waals surface area contributed by atoms with Crippen LogP contribution in [0.25, 0.3) is 0 Å². The average molecular weight is 324 g/mol. The number of rotatable bonds is 5. The lowest BCUT2D eigenvalue weighted by Crippen LogP contribution is -2.15. The molecule has 21 heavy (non-hydrogen) atoms. The maximum atomic E-state index is 12.0. The van der Waals surface area contributed by atoms with Gasteiger partial charge in [-0.2, -0.15) is 0 Å². The average Bonchev–Trinajstić information content (AvgIpc) is 3.18. The van der Waals surface area contributed by atoms with Gasteiger partial charge in [-0.3, -0.25) is 4.79 Å². The van der Waals surface area contributed by atoms with Gasteiger partial charge in [0, 0.05) is 0 Å². The van der Waals surface area contributed by atoms with E-state index in [4.69, 9.17) is 11.6 Å². The Labute approximate surface area is 131 Å². The fourth-order valence-electron chi connectivity index (χ4n) is 1.87. The third-order valence-corrected chi connectivity index (χ3v) is 4.33. The number of amides is 1. The van der Waals surface area contributed by atoms with Crippen LogP contribution in [0.3, 0.4) is 0 Å². The second-order valence-electron chi connectivity index (χ2n) is 4.96. The molecule has 0 bridgehead atoms. The van der Waals surface area contributed by atoms with E-state index in [0.717, 1.165) is 18.4 Å². The minimum atomic E-state index is -0.129. The number of nitrogens with zero attached hydrogens (tertiary/aromatic N) is 4. The summed E-state index contributed by atoms with van der Waals surface area (Å²) in [4.78, 5) is 12.0. The van der Waals surface area contributed by atoms with Gasteiger partial charge in [0.15, 0.2) is 0 Å². The Kier molecular flexibility index (Phi) is 4.12. The Morgan fingerprint density at radius 2 is 2.33 bits per heavy atom. The summed E-state index contributed by atoms with van der Waals surface area (Å²) in [6.45, 7) is 1.95. The molecule has 0 unspecified atom stereocenters. The topological polar surface area (TPSA) is 72.7 Å². The highest BCUT2D eigenvalue weighted by molar-refractivity contribution is 7.99. The fraction of sp³-hybridized carbons (Fsp3) is 0.385. The van der Waals surface area contributed by atoms with Crippen molar-refractivity contribution in [1.82, 2.24) is 20.2 Å². The van der Waals surface area contributed by atoms with E-state index in [0.29, 0.717) is 21.9 Å². The quantitative estimate of drug-likeness (QED) is 0.856. The summed E-state index contributed by atoms with van der Waals surface area (Å²) in [5, 5.41) is 15.6. The maximum Gasteiger partial charge on any atom is 0.234 e. The van der Waals surface area contributed by atoms with Gasteiger partial charge in [-0.1, -0.05) is 29.4 Å². The monoisotopic (exact) mass is 323 g/mol. The lowest BCUT2D eigenvalue weighted by Gasteiger charge is -2.07. The van der Waals surface area contributed by atoms with Crippen LogP contribution < -0.4 is 5.32 Å². The molecule has 3 rings (SSSR count). The number of aromatic nitrogens is 4. The summed E-state index contributed by atoms with van der Waals surface area (Å²) in [7, 11) is 0. The van der Waals surface area contributed by atoms with E-state index in [1.807, 2.05) is 19.1 Å². The van der Waals surface area contributed by atoms with Gasteiger partial charge < -0.3 is 5.32 Å². The number of hydrogen-bond acceptors (Lipinski definition) is 5. The minimum Gasteiger partial charge on any atom is -0.324 e. The zero-order chi connectivity index (χ0) is 14.8. The zero-order valence-corrected chi connectivity index (χ0v) is 13.0. The molecule has 0 radical (unpaired) electrons. The van der Waals surface area contributed by atoms with Crippen LogP contribution in [0, 0.1) is 6.92 Å². The van der Waals surface area contributed by atoms with Crippen molar-refractivity contribution in [1.29, 1.82) is 0 Å². The van der Waals surface area contributed by atoms with Crippen molar-refractivity contribution in [2.75, 3.05) is 11.1 Å². The standard InChI is InChI=1S/C13H14ClN5OS/c1-8-2-5-11(10(14)6-8)15-12(20)7-21-13-16-17-18-19(13)9-3-4-9/h2,5-6,9H,3-4,7H2,1H3,(H,15,20). The van der Waals surface area contributed by atoms with E-state index >= 15 is 0 Å². The highest BCUT2D eigenvalue weighted by Crippen LogP contribution is 2.36. The molecule has 8 heteroatoms. The van der Waals surface area contributed by atoms with Crippen molar-refractivity contribution >= 4 is 35.0 Å². The molecule has 110 valence electrons. The molecule has 1 aliphatic rings. The number of nitrogens with one attached hydrogen (secondary N) is 1. The Morgan fingerprint density at radius 1 is 1.52 bits per heavy atom. The molecule has 1 heterocycles. The van der Waals surface area contributed by atoms with Gasteiger partial charge in [0.25, 0.3) is 0 Å². The van der Waals surface area contributed by atoms with E-state index in [2.05, 4.69) is 20.8 Å². The molecule has 2 aromatic rings. The SMILES string of the molecule is Cc1ccc(NC(=O)CSc2nnnn2C2CC2)c(Cl)c1. The molecule has 1 aliphatic carbocycles. The van der Waals surface area contributed by atoms with E-state index in [1.165, 1.54) is 11.8 Å². The normalized spacial score (nSPS) is 14.2. The lowest BCUT2D eigenvalue weighted by molar-refractivity contribution is -0.113. The molecule has 0 aliphatic heterocycles. The Bertz CT molecular complexity index is 670. The Hall–Kier alpha value is -1.60. The van der Waals surface area contributed by atoms with Crippen molar-refractivity contribution in [3.63, 3.8) is 0 Å². The smallest absolute Gasteiger partial charge is 0.234 e. The summed E-state index contributed by atoms with van der Waals surface area (Å²) < 4.78 is 1.79.